The van der Waals surface area contributed by atoms with Crippen molar-refractivity contribution in [3.63, 3.8) is 0 Å². The lowest BCUT2D eigenvalue weighted by atomic mass is 10.0. The van der Waals surface area contributed by atoms with Gasteiger partial charge >= 0.3 is 0 Å². The number of fused-ring (bicyclic) bond motifs is 3. The van der Waals surface area contributed by atoms with E-state index in [1.165, 1.54) is 16.9 Å². The van der Waals surface area contributed by atoms with Crippen molar-refractivity contribution in [3.8, 4) is 23.4 Å². The normalized spacial score (nSPS) is 11.7. The Bertz CT molecular complexity index is 4580. The van der Waals surface area contributed by atoms with Crippen LogP contribution in [0.15, 0.2) is 175 Å². The Morgan fingerprint density at radius 3 is 1.33 bits per heavy atom. The van der Waals surface area contributed by atoms with E-state index in [4.69, 9.17) is 67.3 Å². The summed E-state index contributed by atoms with van der Waals surface area (Å²) < 4.78 is 17.2. The van der Waals surface area contributed by atoms with Crippen LogP contribution in [0.4, 0.5) is 0 Å². The maximum absolute atomic E-state index is 9.75. The standard InChI is InChI=1S/C25H17Cl3N2.C24H21ClN4O.C24H20ClN3OS/c1-16-2-4-18(5-3-16)19(13-29)10-20-15-30(25-12-21(26)6-7-24(20)25)14-17-8-22(27)11-23(28)9-17;1-3-4-23-27-24(30-28-23)15-29-14-19(21-10-9-20(25)12-22(21)29)11-18(13-26)17-7-5-16(2)6-8-17;1-3-29-24-27-13-21(30-24)15-28-14-19(22-9-8-20(25)11-23(22)28)10-18(12-26)17-6-4-16(2)5-7-17/h2-12,15H,14H2,1H3;5-12,14H,3-4,15H2,1-2H3;4-11,13-14H,3,15H2,1-2H3/b19-10+;18-11+;18-10+. The van der Waals surface area contributed by atoms with Gasteiger partial charge in [-0.25, -0.2) is 4.98 Å². The lowest BCUT2D eigenvalue weighted by molar-refractivity contribution is 0.338. The maximum Gasteiger partial charge on any atom is 0.273 e. The first-order chi connectivity index (χ1) is 43.6. The van der Waals surface area contributed by atoms with Crippen LogP contribution in [0.1, 0.15) is 92.5 Å². The number of halogens is 5. The van der Waals surface area contributed by atoms with Crippen LogP contribution in [-0.4, -0.2) is 35.4 Å². The van der Waals surface area contributed by atoms with Crippen molar-refractivity contribution in [2.45, 2.75) is 67.1 Å². The van der Waals surface area contributed by atoms with Crippen LogP contribution < -0.4 is 4.74 Å². The molecule has 0 saturated heterocycles. The molecule has 11 nitrogen and oxygen atoms in total. The van der Waals surface area contributed by atoms with Crippen molar-refractivity contribution in [1.82, 2.24) is 28.8 Å². The fourth-order valence-corrected chi connectivity index (χ4v) is 12.2. The van der Waals surface area contributed by atoms with E-state index in [9.17, 15) is 15.8 Å². The zero-order chi connectivity index (χ0) is 63.4. The van der Waals surface area contributed by atoms with Gasteiger partial charge in [-0.05, 0) is 129 Å². The highest BCUT2D eigenvalue weighted by atomic mass is 35.5. The number of hydrogen-bond donors (Lipinski definition) is 0. The first-order valence-corrected chi connectivity index (χ1v) is 31.5. The average Bonchev–Trinajstić information content (AvgIpc) is 1.79. The van der Waals surface area contributed by atoms with Crippen molar-refractivity contribution in [1.29, 1.82) is 15.8 Å². The van der Waals surface area contributed by atoms with Crippen LogP contribution in [-0.2, 0) is 26.1 Å². The topological polar surface area (TPSA) is 147 Å². The van der Waals surface area contributed by atoms with Crippen molar-refractivity contribution in [2.24, 2.45) is 0 Å². The van der Waals surface area contributed by atoms with Crippen LogP contribution in [0, 0.1) is 54.8 Å². The molecule has 0 unspecified atom stereocenters. The average molecular weight is 1300 g/mol. The summed E-state index contributed by atoms with van der Waals surface area (Å²) in [6.45, 7) is 12.4. The van der Waals surface area contributed by atoms with Gasteiger partial charge in [-0.15, -0.1) is 0 Å². The molecular weight excluding hydrogens is 1240 g/mol. The van der Waals surface area contributed by atoms with Crippen LogP contribution in [0.2, 0.25) is 25.1 Å². The summed E-state index contributed by atoms with van der Waals surface area (Å²) in [5.74, 6) is 1.26. The summed E-state index contributed by atoms with van der Waals surface area (Å²) >= 11 is 32.7. The molecule has 0 fully saturated rings. The molecule has 12 aromatic rings. The molecule has 0 atom stereocenters. The zero-order valence-electron chi connectivity index (χ0n) is 49.8. The molecule has 5 aromatic heterocycles. The largest absolute Gasteiger partial charge is 0.470 e. The Hall–Kier alpha value is -9.13. The molecule has 5 heterocycles. The van der Waals surface area contributed by atoms with Gasteiger partial charge in [0.1, 0.15) is 6.54 Å². The Morgan fingerprint density at radius 2 is 0.933 bits per heavy atom. The van der Waals surface area contributed by atoms with Gasteiger partial charge < -0.3 is 23.0 Å². The number of benzene rings is 7. The van der Waals surface area contributed by atoms with E-state index in [1.807, 2.05) is 209 Å². The minimum absolute atomic E-state index is 0.438. The molecule has 0 radical (unpaired) electrons. The van der Waals surface area contributed by atoms with Gasteiger partial charge in [0.2, 0.25) is 5.89 Å². The fourth-order valence-electron chi connectivity index (χ4n) is 10.3. The van der Waals surface area contributed by atoms with E-state index in [0.717, 1.165) is 100 Å². The van der Waals surface area contributed by atoms with Crippen LogP contribution in [0.3, 0.4) is 0 Å². The van der Waals surface area contributed by atoms with E-state index in [-0.39, 0.29) is 0 Å². The molecule has 90 heavy (non-hydrogen) atoms. The number of aromatic nitrogens is 6. The highest BCUT2D eigenvalue weighted by Gasteiger charge is 2.17. The van der Waals surface area contributed by atoms with Crippen LogP contribution >= 0.6 is 69.3 Å². The number of nitriles is 3. The Morgan fingerprint density at radius 1 is 0.522 bits per heavy atom. The number of aryl methyl sites for hydroxylation is 4. The number of ether oxygens (including phenoxy) is 1. The third-order valence-corrected chi connectivity index (χ3v) is 16.7. The SMILES string of the molecule is CCCc1noc(Cn2cc(/C=C(\C#N)c3ccc(C)cc3)c3ccc(Cl)cc32)n1.CCOc1ncc(Cn2cc(/C=C(\C#N)c3ccc(C)cc3)c3ccc(Cl)cc32)s1.Cc1ccc(/C(C#N)=C/c2cn(Cc3cc(Cl)cc(Cl)c3)c3cc(Cl)ccc23)cc1. The van der Waals surface area contributed by atoms with Crippen LogP contribution in [0.25, 0.3) is 67.7 Å². The third kappa shape index (κ3) is 15.8. The number of hydrogen-bond acceptors (Lipinski definition) is 9. The predicted octanol–water partition coefficient (Wildman–Crippen LogP) is 20.6. The van der Waals surface area contributed by atoms with Gasteiger partial charge in [0, 0.05) is 101 Å². The Labute approximate surface area is 551 Å². The van der Waals surface area contributed by atoms with Crippen molar-refractivity contribution < 1.29 is 9.26 Å². The molecule has 7 aromatic carbocycles. The van der Waals surface area contributed by atoms with E-state index in [1.54, 1.807) is 6.07 Å². The summed E-state index contributed by atoms with van der Waals surface area (Å²) in [5.41, 5.74) is 14.8. The lowest BCUT2D eigenvalue weighted by Crippen LogP contribution is -1.98. The van der Waals surface area contributed by atoms with E-state index in [0.29, 0.717) is 85.0 Å². The van der Waals surface area contributed by atoms with Gasteiger partial charge in [0.25, 0.3) is 5.19 Å². The molecule has 0 saturated carbocycles. The summed E-state index contributed by atoms with van der Waals surface area (Å²) in [5, 5.41) is 40.2. The van der Waals surface area contributed by atoms with Gasteiger partial charge in [-0.3, -0.25) is 0 Å². The number of nitrogens with zero attached hydrogens (tertiary/aromatic N) is 9. The molecule has 0 amide bonds. The molecule has 17 heteroatoms. The second kappa shape index (κ2) is 29.5. The molecular formula is C73H58Cl5N9O2S. The quantitative estimate of drug-likeness (QED) is 0.0869. The van der Waals surface area contributed by atoms with Crippen molar-refractivity contribution >= 4 is 137 Å². The van der Waals surface area contributed by atoms with Crippen molar-refractivity contribution in [3.05, 3.63) is 268 Å². The number of rotatable bonds is 16. The molecule has 0 aliphatic rings. The summed E-state index contributed by atoms with van der Waals surface area (Å²) in [6, 6.07) is 53.7. The molecule has 0 aliphatic carbocycles. The highest BCUT2D eigenvalue weighted by Crippen LogP contribution is 2.34. The monoisotopic (exact) mass is 1300 g/mol. The Balaban J connectivity index is 0.000000148. The lowest BCUT2D eigenvalue weighted by Gasteiger charge is -2.07. The number of thiazole rings is 1. The first-order valence-electron chi connectivity index (χ1n) is 28.8. The molecule has 0 aliphatic heterocycles. The molecule has 0 spiro atoms. The van der Waals surface area contributed by atoms with Gasteiger partial charge in [0.05, 0.1) is 64.6 Å². The fraction of sp³-hybridized carbons (Fsp3) is 0.151. The highest BCUT2D eigenvalue weighted by molar-refractivity contribution is 7.13. The van der Waals surface area contributed by atoms with Gasteiger partial charge in [-0.1, -0.05) is 189 Å². The molecule has 0 bridgehead atoms. The maximum atomic E-state index is 9.75. The predicted molar refractivity (Wildman–Crippen MR) is 370 cm³/mol. The summed E-state index contributed by atoms with van der Waals surface area (Å²) in [7, 11) is 0. The number of allylic oxidation sites excluding steroid dienone is 3. The third-order valence-electron chi connectivity index (χ3n) is 14.7. The first kappa shape index (κ1) is 63.9. The van der Waals surface area contributed by atoms with Crippen LogP contribution in [0.5, 0.6) is 5.19 Å². The van der Waals surface area contributed by atoms with E-state index >= 15 is 0 Å². The summed E-state index contributed by atoms with van der Waals surface area (Å²) in [4.78, 5) is 9.87. The second-order valence-electron chi connectivity index (χ2n) is 21.4. The smallest absolute Gasteiger partial charge is 0.273 e. The molecule has 12 rings (SSSR count). The molecule has 0 N–H and O–H groups in total. The van der Waals surface area contributed by atoms with Gasteiger partial charge in [0.15, 0.2) is 5.82 Å². The van der Waals surface area contributed by atoms with Gasteiger partial charge in [-0.2, -0.15) is 20.8 Å². The Kier molecular flexibility index (Phi) is 20.9. The van der Waals surface area contributed by atoms with E-state index in [2.05, 4.69) is 55.6 Å². The summed E-state index contributed by atoms with van der Waals surface area (Å²) in [6.07, 6.45) is 15.5. The second-order valence-corrected chi connectivity index (χ2v) is 24.6. The van der Waals surface area contributed by atoms with Crippen molar-refractivity contribution in [2.75, 3.05) is 6.61 Å². The minimum Gasteiger partial charge on any atom is -0.470 e. The van der Waals surface area contributed by atoms with E-state index < -0.39 is 0 Å². The zero-order valence-corrected chi connectivity index (χ0v) is 54.4. The molecule has 448 valence electrons. The minimum atomic E-state index is 0.438.